The summed E-state index contributed by atoms with van der Waals surface area (Å²) in [6.07, 6.45) is 1.73. The molecule has 2 atom stereocenters. The lowest BCUT2D eigenvalue weighted by Gasteiger charge is -2.20. The van der Waals surface area contributed by atoms with E-state index >= 15 is 0 Å². The zero-order chi connectivity index (χ0) is 17.6. The average Bonchev–Trinajstić information content (AvgIpc) is 3.03. The molecular formula is C20H23Cl2NO2. The fourth-order valence-electron chi connectivity index (χ4n) is 3.27. The topological polar surface area (TPSA) is 32.7 Å². The van der Waals surface area contributed by atoms with Crippen LogP contribution in [-0.4, -0.2) is 42.4 Å². The van der Waals surface area contributed by atoms with Gasteiger partial charge in [-0.3, -0.25) is 0 Å². The molecule has 0 saturated carbocycles. The van der Waals surface area contributed by atoms with Crippen molar-refractivity contribution in [3.8, 4) is 5.75 Å². The van der Waals surface area contributed by atoms with Gasteiger partial charge in [0.15, 0.2) is 0 Å². The fraction of sp³-hybridized carbons (Fsp3) is 0.400. The Kier molecular flexibility index (Phi) is 6.60. The van der Waals surface area contributed by atoms with Crippen molar-refractivity contribution in [1.29, 1.82) is 0 Å². The maximum Gasteiger partial charge on any atom is 0.119 e. The summed E-state index contributed by atoms with van der Waals surface area (Å²) in [5.74, 6) is 1.36. The summed E-state index contributed by atoms with van der Waals surface area (Å²) < 4.78 is 5.62. The highest BCUT2D eigenvalue weighted by Crippen LogP contribution is 2.22. The summed E-state index contributed by atoms with van der Waals surface area (Å²) in [6, 6.07) is 15.3. The predicted molar refractivity (Wildman–Crippen MR) is 103 cm³/mol. The summed E-state index contributed by atoms with van der Waals surface area (Å²) >= 11 is 11.8. The van der Waals surface area contributed by atoms with Gasteiger partial charge in [-0.2, -0.15) is 0 Å². The Morgan fingerprint density at radius 2 is 1.68 bits per heavy atom. The minimum atomic E-state index is -0.495. The number of β-amino-alcohol motifs (C(OH)–C–C–N with tert-alkyl or cyclic N) is 1. The molecule has 3 rings (SSSR count). The molecule has 1 fully saturated rings. The van der Waals surface area contributed by atoms with Crippen LogP contribution in [0.1, 0.15) is 12.0 Å². The first kappa shape index (κ1) is 18.5. The van der Waals surface area contributed by atoms with Crippen molar-refractivity contribution in [2.75, 3.05) is 26.2 Å². The van der Waals surface area contributed by atoms with Gasteiger partial charge >= 0.3 is 0 Å². The van der Waals surface area contributed by atoms with Crippen molar-refractivity contribution < 1.29 is 9.84 Å². The van der Waals surface area contributed by atoms with Gasteiger partial charge in [0.25, 0.3) is 0 Å². The highest BCUT2D eigenvalue weighted by atomic mass is 35.5. The van der Waals surface area contributed by atoms with Crippen LogP contribution in [0.25, 0.3) is 0 Å². The Balaban J connectivity index is 1.39. The van der Waals surface area contributed by atoms with Gasteiger partial charge in [0, 0.05) is 23.1 Å². The molecule has 0 aromatic heterocycles. The molecule has 25 heavy (non-hydrogen) atoms. The van der Waals surface area contributed by atoms with Crippen LogP contribution < -0.4 is 4.74 Å². The lowest BCUT2D eigenvalue weighted by molar-refractivity contribution is 0.0747. The Morgan fingerprint density at radius 1 is 1.04 bits per heavy atom. The summed E-state index contributed by atoms with van der Waals surface area (Å²) in [4.78, 5) is 2.32. The van der Waals surface area contributed by atoms with Crippen LogP contribution in [0.15, 0.2) is 48.5 Å². The minimum absolute atomic E-state index is 0.292. The largest absolute Gasteiger partial charge is 0.491 e. The number of likely N-dealkylation sites (tertiary alicyclic amines) is 1. The molecule has 0 spiro atoms. The SMILES string of the molecule is OC(COc1ccc(Cl)cc1)CN1CCC(Cc2ccc(Cl)cc2)C1. The molecule has 0 radical (unpaired) electrons. The summed E-state index contributed by atoms with van der Waals surface area (Å²) in [6.45, 7) is 2.97. The van der Waals surface area contributed by atoms with Crippen molar-refractivity contribution in [2.45, 2.75) is 18.9 Å². The van der Waals surface area contributed by atoms with Crippen molar-refractivity contribution in [3.05, 3.63) is 64.1 Å². The van der Waals surface area contributed by atoms with E-state index in [1.165, 1.54) is 5.56 Å². The van der Waals surface area contributed by atoms with E-state index in [-0.39, 0.29) is 0 Å². The Hall–Kier alpha value is -1.26. The van der Waals surface area contributed by atoms with Gasteiger partial charge in [-0.25, -0.2) is 0 Å². The average molecular weight is 380 g/mol. The van der Waals surface area contributed by atoms with E-state index in [1.54, 1.807) is 12.1 Å². The number of aliphatic hydroxyl groups is 1. The third-order valence-electron chi connectivity index (χ3n) is 4.53. The van der Waals surface area contributed by atoms with Gasteiger partial charge in [0.1, 0.15) is 18.5 Å². The second-order valence-electron chi connectivity index (χ2n) is 6.66. The third-order valence-corrected chi connectivity index (χ3v) is 5.04. The standard InChI is InChI=1S/C20H23Cl2NO2/c21-17-3-1-15(2-4-17)11-16-9-10-23(12-16)13-19(24)14-25-20-7-5-18(22)6-8-20/h1-8,16,19,24H,9-14H2. The second kappa shape index (κ2) is 8.91. The number of benzene rings is 2. The van der Waals surface area contributed by atoms with Gasteiger partial charge in [0.2, 0.25) is 0 Å². The van der Waals surface area contributed by atoms with E-state index in [4.69, 9.17) is 27.9 Å². The van der Waals surface area contributed by atoms with E-state index in [0.29, 0.717) is 24.1 Å². The quantitative estimate of drug-likeness (QED) is 0.778. The van der Waals surface area contributed by atoms with Gasteiger partial charge in [0.05, 0.1) is 0 Å². The number of rotatable bonds is 7. The molecule has 0 bridgehead atoms. The monoisotopic (exact) mass is 379 g/mol. The molecule has 1 N–H and O–H groups in total. The maximum atomic E-state index is 10.2. The van der Waals surface area contributed by atoms with Crippen LogP contribution in [0, 0.1) is 5.92 Å². The molecule has 0 amide bonds. The lowest BCUT2D eigenvalue weighted by atomic mass is 9.99. The van der Waals surface area contributed by atoms with Crippen LogP contribution in [0.3, 0.4) is 0 Å². The molecule has 2 aromatic rings. The summed E-state index contributed by atoms with van der Waals surface area (Å²) in [7, 11) is 0. The fourth-order valence-corrected chi connectivity index (χ4v) is 3.53. The lowest BCUT2D eigenvalue weighted by Crippen LogP contribution is -2.34. The van der Waals surface area contributed by atoms with Crippen LogP contribution in [0.5, 0.6) is 5.75 Å². The molecule has 2 unspecified atom stereocenters. The minimum Gasteiger partial charge on any atom is -0.491 e. The van der Waals surface area contributed by atoms with Crippen LogP contribution in [-0.2, 0) is 6.42 Å². The Labute approximate surface area is 159 Å². The molecule has 1 heterocycles. The molecule has 1 aliphatic heterocycles. The molecule has 5 heteroatoms. The number of halogens is 2. The van der Waals surface area contributed by atoms with E-state index in [1.807, 2.05) is 24.3 Å². The normalized spacial score (nSPS) is 19.1. The second-order valence-corrected chi connectivity index (χ2v) is 7.54. The molecule has 2 aromatic carbocycles. The Morgan fingerprint density at radius 3 is 2.36 bits per heavy atom. The summed E-state index contributed by atoms with van der Waals surface area (Å²) in [5, 5.41) is 11.7. The molecule has 3 nitrogen and oxygen atoms in total. The molecular weight excluding hydrogens is 357 g/mol. The zero-order valence-electron chi connectivity index (χ0n) is 14.1. The van der Waals surface area contributed by atoms with Crippen LogP contribution in [0.2, 0.25) is 10.0 Å². The molecule has 134 valence electrons. The van der Waals surface area contributed by atoms with E-state index in [0.717, 1.165) is 36.7 Å². The van der Waals surface area contributed by atoms with Crippen molar-refractivity contribution in [2.24, 2.45) is 5.92 Å². The number of nitrogens with zero attached hydrogens (tertiary/aromatic N) is 1. The number of hydrogen-bond donors (Lipinski definition) is 1. The van der Waals surface area contributed by atoms with Crippen LogP contribution >= 0.6 is 23.2 Å². The number of ether oxygens (including phenoxy) is 1. The van der Waals surface area contributed by atoms with Crippen molar-refractivity contribution >= 4 is 23.2 Å². The first-order chi connectivity index (χ1) is 12.1. The van der Waals surface area contributed by atoms with E-state index in [2.05, 4.69) is 17.0 Å². The van der Waals surface area contributed by atoms with Gasteiger partial charge < -0.3 is 14.7 Å². The first-order valence-electron chi connectivity index (χ1n) is 8.62. The van der Waals surface area contributed by atoms with Gasteiger partial charge in [-0.1, -0.05) is 35.3 Å². The van der Waals surface area contributed by atoms with E-state index in [9.17, 15) is 5.11 Å². The first-order valence-corrected chi connectivity index (χ1v) is 9.37. The van der Waals surface area contributed by atoms with Crippen molar-refractivity contribution in [1.82, 2.24) is 4.90 Å². The molecule has 1 aliphatic rings. The predicted octanol–water partition coefficient (Wildman–Crippen LogP) is 4.30. The van der Waals surface area contributed by atoms with E-state index < -0.39 is 6.10 Å². The maximum absolute atomic E-state index is 10.2. The zero-order valence-corrected chi connectivity index (χ0v) is 15.6. The highest BCUT2D eigenvalue weighted by Gasteiger charge is 2.24. The number of hydrogen-bond acceptors (Lipinski definition) is 3. The third kappa shape index (κ3) is 5.89. The van der Waals surface area contributed by atoms with Crippen molar-refractivity contribution in [3.63, 3.8) is 0 Å². The molecule has 1 saturated heterocycles. The molecule has 0 aliphatic carbocycles. The van der Waals surface area contributed by atoms with Gasteiger partial charge in [-0.05, 0) is 67.3 Å². The summed E-state index contributed by atoms with van der Waals surface area (Å²) in [5.41, 5.74) is 1.32. The van der Waals surface area contributed by atoms with Gasteiger partial charge in [-0.15, -0.1) is 0 Å². The number of aliphatic hydroxyl groups excluding tert-OH is 1. The Bertz CT molecular complexity index is 660. The highest BCUT2D eigenvalue weighted by molar-refractivity contribution is 6.30. The van der Waals surface area contributed by atoms with Crippen LogP contribution in [0.4, 0.5) is 0 Å². The smallest absolute Gasteiger partial charge is 0.119 e.